The van der Waals surface area contributed by atoms with Crippen molar-refractivity contribution in [1.82, 2.24) is 14.6 Å². The van der Waals surface area contributed by atoms with Gasteiger partial charge in [0.1, 0.15) is 0 Å². The number of fused-ring (bicyclic) bond motifs is 1. The van der Waals surface area contributed by atoms with Crippen LogP contribution in [0.5, 0.6) is 0 Å². The molecule has 1 aliphatic heterocycles. The molecule has 3 rings (SSSR count). The second kappa shape index (κ2) is 4.49. The van der Waals surface area contributed by atoms with Crippen molar-refractivity contribution in [3.63, 3.8) is 0 Å². The minimum Gasteiger partial charge on any atom is -0.298 e. The predicted molar refractivity (Wildman–Crippen MR) is 67.6 cm³/mol. The second-order valence-electron chi connectivity index (χ2n) is 4.22. The zero-order valence-corrected chi connectivity index (χ0v) is 10.2. The first-order valence-corrected chi connectivity index (χ1v) is 6.83. The molecule has 1 unspecified atom stereocenters. The van der Waals surface area contributed by atoms with Gasteiger partial charge in [-0.2, -0.15) is 16.9 Å². The van der Waals surface area contributed by atoms with E-state index in [1.165, 1.54) is 18.6 Å². The number of carbonyl (C=O) groups excluding carboxylic acids is 1. The zero-order chi connectivity index (χ0) is 11.7. The summed E-state index contributed by atoms with van der Waals surface area (Å²) in [6, 6.07) is 3.59. The van der Waals surface area contributed by atoms with Crippen LogP contribution >= 0.6 is 11.8 Å². The molecule has 2 aromatic heterocycles. The van der Waals surface area contributed by atoms with E-state index < -0.39 is 0 Å². The van der Waals surface area contributed by atoms with Crippen molar-refractivity contribution < 1.29 is 4.79 Å². The number of aromatic nitrogens is 3. The van der Waals surface area contributed by atoms with Gasteiger partial charge in [-0.1, -0.05) is 0 Å². The van der Waals surface area contributed by atoms with Gasteiger partial charge < -0.3 is 0 Å². The van der Waals surface area contributed by atoms with Gasteiger partial charge >= 0.3 is 0 Å². The quantitative estimate of drug-likeness (QED) is 0.778. The van der Waals surface area contributed by atoms with E-state index in [1.54, 1.807) is 10.6 Å². The summed E-state index contributed by atoms with van der Waals surface area (Å²) in [5.74, 6) is 2.09. The summed E-state index contributed by atoms with van der Waals surface area (Å²) in [7, 11) is 0. The molecule has 1 aliphatic rings. The van der Waals surface area contributed by atoms with E-state index in [0.717, 1.165) is 18.5 Å². The Morgan fingerprint density at radius 1 is 1.59 bits per heavy atom. The SMILES string of the molecule is O=Cc1cccn2nc(CC3CCCS3)nc12. The average molecular weight is 247 g/mol. The molecule has 0 spiro atoms. The minimum absolute atomic E-state index is 0.602. The number of hydrogen-bond acceptors (Lipinski definition) is 4. The number of aldehydes is 1. The molecular weight excluding hydrogens is 234 g/mol. The second-order valence-corrected chi connectivity index (χ2v) is 5.62. The first-order valence-electron chi connectivity index (χ1n) is 5.78. The Balaban J connectivity index is 1.92. The van der Waals surface area contributed by atoms with Gasteiger partial charge in [-0.15, -0.1) is 0 Å². The lowest BCUT2D eigenvalue weighted by Crippen LogP contribution is -2.03. The molecule has 0 N–H and O–H groups in total. The van der Waals surface area contributed by atoms with Crippen LogP contribution in [0.3, 0.4) is 0 Å². The van der Waals surface area contributed by atoms with E-state index in [4.69, 9.17) is 0 Å². The lowest BCUT2D eigenvalue weighted by molar-refractivity contribution is 0.112. The van der Waals surface area contributed by atoms with Gasteiger partial charge in [-0.05, 0) is 30.7 Å². The molecule has 1 fully saturated rings. The van der Waals surface area contributed by atoms with Crippen molar-refractivity contribution >= 4 is 23.7 Å². The zero-order valence-electron chi connectivity index (χ0n) is 9.37. The fraction of sp³-hybridized carbons (Fsp3) is 0.417. The van der Waals surface area contributed by atoms with Crippen molar-refractivity contribution in [3.05, 3.63) is 29.7 Å². The van der Waals surface area contributed by atoms with Gasteiger partial charge in [0.15, 0.2) is 17.8 Å². The summed E-state index contributed by atoms with van der Waals surface area (Å²) < 4.78 is 1.69. The van der Waals surface area contributed by atoms with Gasteiger partial charge in [-0.3, -0.25) is 4.79 Å². The molecule has 0 aliphatic carbocycles. The Labute approximate surface area is 103 Å². The molecule has 4 nitrogen and oxygen atoms in total. The van der Waals surface area contributed by atoms with Crippen molar-refractivity contribution in [3.8, 4) is 0 Å². The molecular formula is C12H13N3OS. The van der Waals surface area contributed by atoms with Crippen LogP contribution in [0, 0.1) is 0 Å². The van der Waals surface area contributed by atoms with Gasteiger partial charge in [-0.25, -0.2) is 9.50 Å². The molecule has 0 radical (unpaired) electrons. The molecule has 0 saturated carbocycles. The van der Waals surface area contributed by atoms with E-state index in [1.807, 2.05) is 24.0 Å². The largest absolute Gasteiger partial charge is 0.298 e. The Morgan fingerprint density at radius 2 is 2.53 bits per heavy atom. The molecule has 88 valence electrons. The molecule has 2 aromatic rings. The third-order valence-electron chi connectivity index (χ3n) is 3.00. The number of thioether (sulfide) groups is 1. The van der Waals surface area contributed by atoms with Gasteiger partial charge in [0.25, 0.3) is 0 Å². The number of nitrogens with zero attached hydrogens (tertiary/aromatic N) is 3. The number of hydrogen-bond donors (Lipinski definition) is 0. The van der Waals surface area contributed by atoms with E-state index >= 15 is 0 Å². The van der Waals surface area contributed by atoms with E-state index in [0.29, 0.717) is 16.5 Å². The molecule has 1 saturated heterocycles. The fourth-order valence-electron chi connectivity index (χ4n) is 2.16. The Kier molecular flexibility index (Phi) is 2.84. The summed E-state index contributed by atoms with van der Waals surface area (Å²) in [6.07, 6.45) is 6.12. The number of rotatable bonds is 3. The summed E-state index contributed by atoms with van der Waals surface area (Å²) in [5.41, 5.74) is 1.27. The van der Waals surface area contributed by atoms with Crippen LogP contribution in [0.1, 0.15) is 29.0 Å². The number of pyridine rings is 1. The first kappa shape index (κ1) is 10.8. The first-order chi connectivity index (χ1) is 8.36. The van der Waals surface area contributed by atoms with E-state index in [-0.39, 0.29) is 0 Å². The minimum atomic E-state index is 0.602. The van der Waals surface area contributed by atoms with E-state index in [9.17, 15) is 4.79 Å². The normalized spacial score (nSPS) is 19.9. The summed E-state index contributed by atoms with van der Waals surface area (Å²) in [5, 5.41) is 5.06. The molecule has 0 bridgehead atoms. The highest BCUT2D eigenvalue weighted by atomic mass is 32.2. The monoisotopic (exact) mass is 247 g/mol. The molecule has 0 aromatic carbocycles. The standard InChI is InChI=1S/C12H13N3OS/c16-8-9-3-1-5-15-12(9)13-11(14-15)7-10-4-2-6-17-10/h1,3,5,8,10H,2,4,6-7H2. The van der Waals surface area contributed by atoms with Gasteiger partial charge in [0.05, 0.1) is 5.56 Å². The Bertz CT molecular complexity index is 546. The Morgan fingerprint density at radius 3 is 3.29 bits per heavy atom. The van der Waals surface area contributed by atoms with Crippen LogP contribution in [0.15, 0.2) is 18.3 Å². The third kappa shape index (κ3) is 2.07. The van der Waals surface area contributed by atoms with Crippen LogP contribution in [-0.2, 0) is 6.42 Å². The topological polar surface area (TPSA) is 47.3 Å². The van der Waals surface area contributed by atoms with Crippen LogP contribution in [0.2, 0.25) is 0 Å². The van der Waals surface area contributed by atoms with Crippen LogP contribution < -0.4 is 0 Å². The summed E-state index contributed by atoms with van der Waals surface area (Å²) in [6.45, 7) is 0. The highest BCUT2D eigenvalue weighted by Crippen LogP contribution is 2.28. The van der Waals surface area contributed by atoms with Crippen LogP contribution in [-0.4, -0.2) is 31.9 Å². The van der Waals surface area contributed by atoms with Crippen LogP contribution in [0.25, 0.3) is 5.65 Å². The smallest absolute Gasteiger partial charge is 0.166 e. The third-order valence-corrected chi connectivity index (χ3v) is 4.40. The maximum absolute atomic E-state index is 10.9. The summed E-state index contributed by atoms with van der Waals surface area (Å²) in [4.78, 5) is 15.3. The fourth-order valence-corrected chi connectivity index (χ4v) is 3.43. The lowest BCUT2D eigenvalue weighted by atomic mass is 10.2. The molecule has 17 heavy (non-hydrogen) atoms. The molecule has 5 heteroatoms. The Hall–Kier alpha value is -1.36. The van der Waals surface area contributed by atoms with Crippen molar-refractivity contribution in [2.45, 2.75) is 24.5 Å². The summed E-state index contributed by atoms with van der Waals surface area (Å²) >= 11 is 2.00. The highest BCUT2D eigenvalue weighted by Gasteiger charge is 2.18. The highest BCUT2D eigenvalue weighted by molar-refractivity contribution is 8.00. The van der Waals surface area contributed by atoms with Crippen molar-refractivity contribution in [2.24, 2.45) is 0 Å². The molecule has 1 atom stereocenters. The van der Waals surface area contributed by atoms with E-state index in [2.05, 4.69) is 10.1 Å². The number of carbonyl (C=O) groups is 1. The van der Waals surface area contributed by atoms with Crippen molar-refractivity contribution in [1.29, 1.82) is 0 Å². The van der Waals surface area contributed by atoms with Gasteiger partial charge in [0, 0.05) is 17.9 Å². The molecule has 0 amide bonds. The average Bonchev–Trinajstić information content (AvgIpc) is 2.97. The lowest BCUT2D eigenvalue weighted by Gasteiger charge is -2.02. The molecule has 3 heterocycles. The van der Waals surface area contributed by atoms with Crippen molar-refractivity contribution in [2.75, 3.05) is 5.75 Å². The predicted octanol–water partition coefficient (Wildman–Crippen LogP) is 1.98. The van der Waals surface area contributed by atoms with Crippen LogP contribution in [0.4, 0.5) is 0 Å². The maximum atomic E-state index is 10.9. The maximum Gasteiger partial charge on any atom is 0.166 e. The van der Waals surface area contributed by atoms with Gasteiger partial charge in [0.2, 0.25) is 0 Å².